The van der Waals surface area contributed by atoms with Gasteiger partial charge in [0.15, 0.2) is 11.2 Å². The first-order valence-electron chi connectivity index (χ1n) is 7.52. The van der Waals surface area contributed by atoms with Crippen molar-refractivity contribution in [1.82, 2.24) is 18.7 Å². The Kier molecular flexibility index (Phi) is 5.15. The second kappa shape index (κ2) is 6.89. The maximum atomic E-state index is 12.7. The fourth-order valence-electron chi connectivity index (χ4n) is 2.63. The van der Waals surface area contributed by atoms with Gasteiger partial charge in [0, 0.05) is 26.7 Å². The lowest BCUT2D eigenvalue weighted by Crippen LogP contribution is -2.40. The van der Waals surface area contributed by atoms with Crippen LogP contribution in [0.15, 0.2) is 9.59 Å². The van der Waals surface area contributed by atoms with Crippen molar-refractivity contribution in [3.8, 4) is 0 Å². The summed E-state index contributed by atoms with van der Waals surface area (Å²) < 4.78 is 9.76. The molecule has 2 aromatic rings. The molecule has 0 aliphatic carbocycles. The number of ether oxygens (including phenoxy) is 1. The van der Waals surface area contributed by atoms with Crippen molar-refractivity contribution in [2.75, 3.05) is 13.7 Å². The summed E-state index contributed by atoms with van der Waals surface area (Å²) in [5.41, 5.74) is 5.82. The van der Waals surface area contributed by atoms with Crippen LogP contribution in [0.1, 0.15) is 26.1 Å². The van der Waals surface area contributed by atoms with Gasteiger partial charge in [-0.25, -0.2) is 9.78 Å². The molecule has 0 unspecified atom stereocenters. The molecule has 8 heteroatoms. The number of rotatable bonds is 7. The lowest BCUT2D eigenvalue weighted by Gasteiger charge is -2.10. The monoisotopic (exact) mass is 309 g/mol. The summed E-state index contributed by atoms with van der Waals surface area (Å²) in [5, 5.41) is 0. The number of aryl methyl sites for hydroxylation is 2. The van der Waals surface area contributed by atoms with Crippen LogP contribution in [0.2, 0.25) is 0 Å². The molecule has 0 atom stereocenters. The van der Waals surface area contributed by atoms with E-state index in [0.29, 0.717) is 43.2 Å². The van der Waals surface area contributed by atoms with Gasteiger partial charge in [0.1, 0.15) is 12.4 Å². The van der Waals surface area contributed by atoms with Crippen LogP contribution in [-0.2, 0) is 31.0 Å². The smallest absolute Gasteiger partial charge is 0.332 e. The lowest BCUT2D eigenvalue weighted by molar-refractivity contribution is 0.174. The van der Waals surface area contributed by atoms with E-state index in [1.807, 2.05) is 11.5 Å². The van der Waals surface area contributed by atoms with Crippen molar-refractivity contribution in [2.24, 2.45) is 5.73 Å². The Labute approximate surface area is 128 Å². The van der Waals surface area contributed by atoms with Crippen LogP contribution in [0.25, 0.3) is 11.2 Å². The topological polar surface area (TPSA) is 97.1 Å². The third-order valence-corrected chi connectivity index (χ3v) is 3.69. The summed E-state index contributed by atoms with van der Waals surface area (Å²) in [7, 11) is 1.57. The number of hydrogen-bond acceptors (Lipinski definition) is 5. The Balaban J connectivity index is 2.87. The Morgan fingerprint density at radius 2 is 1.82 bits per heavy atom. The Bertz CT molecular complexity index is 771. The second-order valence-electron chi connectivity index (χ2n) is 5.00. The van der Waals surface area contributed by atoms with Crippen molar-refractivity contribution < 1.29 is 4.74 Å². The summed E-state index contributed by atoms with van der Waals surface area (Å²) in [6.07, 6.45) is 0.721. The zero-order valence-electron chi connectivity index (χ0n) is 13.3. The molecule has 2 rings (SSSR count). The molecule has 0 fully saturated rings. The average molecular weight is 309 g/mol. The van der Waals surface area contributed by atoms with E-state index in [1.54, 1.807) is 14.0 Å². The second-order valence-corrected chi connectivity index (χ2v) is 5.00. The van der Waals surface area contributed by atoms with Gasteiger partial charge in [-0.3, -0.25) is 13.9 Å². The molecule has 22 heavy (non-hydrogen) atoms. The lowest BCUT2D eigenvalue weighted by atomic mass is 10.4. The van der Waals surface area contributed by atoms with E-state index in [1.165, 1.54) is 9.13 Å². The molecule has 0 amide bonds. The van der Waals surface area contributed by atoms with Gasteiger partial charge in [0.2, 0.25) is 0 Å². The number of hydrogen-bond donors (Lipinski definition) is 1. The molecule has 0 radical (unpaired) electrons. The predicted octanol–water partition coefficient (Wildman–Crippen LogP) is -0.105. The summed E-state index contributed by atoms with van der Waals surface area (Å²) in [6.45, 7) is 5.80. The highest BCUT2D eigenvalue weighted by Crippen LogP contribution is 2.13. The summed E-state index contributed by atoms with van der Waals surface area (Å²) in [6, 6.07) is 0. The minimum absolute atomic E-state index is 0.280. The van der Waals surface area contributed by atoms with Gasteiger partial charge in [0.05, 0.1) is 0 Å². The third kappa shape index (κ3) is 2.59. The van der Waals surface area contributed by atoms with Crippen molar-refractivity contribution in [1.29, 1.82) is 0 Å². The Morgan fingerprint density at radius 1 is 1.14 bits per heavy atom. The normalized spacial score (nSPS) is 11.5. The molecular formula is C14H23N5O3. The van der Waals surface area contributed by atoms with Gasteiger partial charge in [-0.15, -0.1) is 0 Å². The number of nitrogens with two attached hydrogens (primary N) is 1. The Hall–Kier alpha value is -1.93. The fraction of sp³-hybridized carbons (Fsp3) is 0.643. The van der Waals surface area contributed by atoms with Gasteiger partial charge >= 0.3 is 5.69 Å². The summed E-state index contributed by atoms with van der Waals surface area (Å²) in [4.78, 5) is 29.5. The van der Waals surface area contributed by atoms with Crippen LogP contribution in [0.4, 0.5) is 0 Å². The van der Waals surface area contributed by atoms with Gasteiger partial charge in [-0.1, -0.05) is 0 Å². The van der Waals surface area contributed by atoms with E-state index in [4.69, 9.17) is 10.5 Å². The first kappa shape index (κ1) is 16.4. The molecule has 2 aromatic heterocycles. The third-order valence-electron chi connectivity index (χ3n) is 3.69. The van der Waals surface area contributed by atoms with Gasteiger partial charge < -0.3 is 15.0 Å². The highest BCUT2D eigenvalue weighted by atomic mass is 16.5. The number of aromatic nitrogens is 4. The maximum Gasteiger partial charge on any atom is 0.332 e. The van der Waals surface area contributed by atoms with Crippen molar-refractivity contribution in [2.45, 2.75) is 46.5 Å². The largest absolute Gasteiger partial charge is 0.377 e. The van der Waals surface area contributed by atoms with E-state index >= 15 is 0 Å². The minimum Gasteiger partial charge on any atom is -0.377 e. The van der Waals surface area contributed by atoms with Gasteiger partial charge in [-0.2, -0.15) is 0 Å². The van der Waals surface area contributed by atoms with Crippen LogP contribution in [0.3, 0.4) is 0 Å². The molecule has 0 saturated heterocycles. The predicted molar refractivity (Wildman–Crippen MR) is 84.0 cm³/mol. The number of fused-ring (bicyclic) bond motifs is 1. The molecule has 0 bridgehead atoms. The van der Waals surface area contributed by atoms with E-state index in [-0.39, 0.29) is 17.9 Å². The van der Waals surface area contributed by atoms with Crippen LogP contribution >= 0.6 is 0 Å². The molecule has 2 heterocycles. The molecule has 122 valence electrons. The number of methoxy groups -OCH3 is 1. The van der Waals surface area contributed by atoms with E-state index in [0.717, 1.165) is 6.42 Å². The van der Waals surface area contributed by atoms with E-state index in [9.17, 15) is 9.59 Å². The van der Waals surface area contributed by atoms with Crippen molar-refractivity contribution in [3.05, 3.63) is 26.7 Å². The van der Waals surface area contributed by atoms with Crippen molar-refractivity contribution >= 4 is 11.2 Å². The molecule has 0 aromatic carbocycles. The molecule has 0 spiro atoms. The molecule has 0 saturated carbocycles. The SMILES string of the molecule is CCn1c(=O)c2c(nc(COC)n2CCCN)n(CC)c1=O. The Morgan fingerprint density at radius 3 is 2.36 bits per heavy atom. The number of nitrogens with zero attached hydrogens (tertiary/aromatic N) is 4. The van der Waals surface area contributed by atoms with E-state index < -0.39 is 0 Å². The molecular weight excluding hydrogens is 286 g/mol. The summed E-state index contributed by atoms with van der Waals surface area (Å²) in [5.74, 6) is 0.638. The minimum atomic E-state index is -0.324. The quantitative estimate of drug-likeness (QED) is 0.770. The van der Waals surface area contributed by atoms with Gasteiger partial charge in [-0.05, 0) is 26.8 Å². The van der Waals surface area contributed by atoms with Crippen LogP contribution in [-0.4, -0.2) is 32.3 Å². The van der Waals surface area contributed by atoms with E-state index in [2.05, 4.69) is 4.98 Å². The van der Waals surface area contributed by atoms with Crippen LogP contribution < -0.4 is 17.0 Å². The molecule has 8 nitrogen and oxygen atoms in total. The zero-order chi connectivity index (χ0) is 16.3. The maximum absolute atomic E-state index is 12.7. The van der Waals surface area contributed by atoms with Crippen molar-refractivity contribution in [3.63, 3.8) is 0 Å². The molecule has 0 aliphatic rings. The first-order valence-corrected chi connectivity index (χ1v) is 7.52. The zero-order valence-corrected chi connectivity index (χ0v) is 13.3. The highest BCUT2D eigenvalue weighted by molar-refractivity contribution is 5.71. The highest BCUT2D eigenvalue weighted by Gasteiger charge is 2.20. The molecule has 2 N–H and O–H groups in total. The van der Waals surface area contributed by atoms with Crippen LogP contribution in [0.5, 0.6) is 0 Å². The fourth-order valence-corrected chi connectivity index (χ4v) is 2.63. The number of imidazole rings is 1. The first-order chi connectivity index (χ1) is 10.6. The van der Waals surface area contributed by atoms with Gasteiger partial charge in [0.25, 0.3) is 5.56 Å². The molecule has 0 aliphatic heterocycles. The summed E-state index contributed by atoms with van der Waals surface area (Å²) >= 11 is 0. The average Bonchev–Trinajstić information content (AvgIpc) is 2.85. The van der Waals surface area contributed by atoms with Crippen LogP contribution in [0, 0.1) is 0 Å². The standard InChI is InChI=1S/C14H23N5O3/c1-4-17-12-11(13(20)18(5-2)14(17)21)19(8-6-7-15)10(16-12)9-22-3/h4-9,15H2,1-3H3.